The van der Waals surface area contributed by atoms with Gasteiger partial charge in [-0.25, -0.2) is 13.1 Å². The van der Waals surface area contributed by atoms with Gasteiger partial charge < -0.3 is 10.6 Å². The van der Waals surface area contributed by atoms with Crippen LogP contribution in [-0.4, -0.2) is 63.6 Å². The highest BCUT2D eigenvalue weighted by Gasteiger charge is 2.31. The molecular weight excluding hydrogens is 344 g/mol. The standard InChI is InChI=1S/C16H24N4O4S/c1-17-25(23,24)10-8-18-15(21)11-14-16(22)19-7-9-20(14)12-13-5-3-2-4-6-13/h2-6,14,17H,7-12H2,1H3,(H,18,21)(H,19,22). The fourth-order valence-electron chi connectivity index (χ4n) is 2.67. The minimum Gasteiger partial charge on any atom is -0.355 e. The first-order valence-electron chi connectivity index (χ1n) is 8.15. The largest absolute Gasteiger partial charge is 0.355 e. The molecule has 2 amide bonds. The summed E-state index contributed by atoms with van der Waals surface area (Å²) in [5.74, 6) is -0.716. The molecule has 3 N–H and O–H groups in total. The Morgan fingerprint density at radius 3 is 2.72 bits per heavy atom. The lowest BCUT2D eigenvalue weighted by atomic mass is 10.1. The third-order valence-electron chi connectivity index (χ3n) is 4.05. The summed E-state index contributed by atoms with van der Waals surface area (Å²) in [6.07, 6.45) is -0.00172. The molecule has 1 aliphatic rings. The molecule has 0 aliphatic carbocycles. The van der Waals surface area contributed by atoms with E-state index in [2.05, 4.69) is 15.4 Å². The number of piperazine rings is 1. The maximum atomic E-state index is 12.2. The first-order chi connectivity index (χ1) is 11.9. The molecule has 0 bridgehead atoms. The summed E-state index contributed by atoms with van der Waals surface area (Å²) in [6.45, 7) is 1.80. The smallest absolute Gasteiger partial charge is 0.237 e. The van der Waals surface area contributed by atoms with Crippen LogP contribution in [0.1, 0.15) is 12.0 Å². The van der Waals surface area contributed by atoms with E-state index in [9.17, 15) is 18.0 Å². The molecule has 1 heterocycles. The van der Waals surface area contributed by atoms with Crippen LogP contribution in [0.3, 0.4) is 0 Å². The summed E-state index contributed by atoms with van der Waals surface area (Å²) in [5, 5.41) is 5.34. The Morgan fingerprint density at radius 1 is 1.32 bits per heavy atom. The maximum Gasteiger partial charge on any atom is 0.237 e. The van der Waals surface area contributed by atoms with Crippen LogP contribution in [0, 0.1) is 0 Å². The van der Waals surface area contributed by atoms with Gasteiger partial charge in [0, 0.05) is 26.2 Å². The fraction of sp³-hybridized carbons (Fsp3) is 0.500. The second-order valence-corrected chi connectivity index (χ2v) is 7.89. The van der Waals surface area contributed by atoms with Gasteiger partial charge in [-0.2, -0.15) is 0 Å². The monoisotopic (exact) mass is 368 g/mol. The molecule has 1 atom stereocenters. The predicted octanol–water partition coefficient (Wildman–Crippen LogP) is -0.957. The van der Waals surface area contributed by atoms with Gasteiger partial charge in [0.25, 0.3) is 0 Å². The van der Waals surface area contributed by atoms with E-state index in [1.54, 1.807) is 0 Å². The van der Waals surface area contributed by atoms with Crippen molar-refractivity contribution in [2.45, 2.75) is 19.0 Å². The van der Waals surface area contributed by atoms with E-state index in [0.29, 0.717) is 19.6 Å². The van der Waals surface area contributed by atoms with E-state index in [-0.39, 0.29) is 30.5 Å². The highest BCUT2D eigenvalue weighted by atomic mass is 32.2. The van der Waals surface area contributed by atoms with E-state index in [0.717, 1.165) is 5.56 Å². The van der Waals surface area contributed by atoms with Crippen molar-refractivity contribution in [1.82, 2.24) is 20.3 Å². The molecule has 1 aliphatic heterocycles. The second-order valence-electron chi connectivity index (χ2n) is 5.84. The number of hydrogen-bond acceptors (Lipinski definition) is 5. The van der Waals surface area contributed by atoms with E-state index in [4.69, 9.17) is 0 Å². The average molecular weight is 368 g/mol. The van der Waals surface area contributed by atoms with Gasteiger partial charge >= 0.3 is 0 Å². The molecule has 2 rings (SSSR count). The first kappa shape index (κ1) is 19.4. The second kappa shape index (κ2) is 8.93. The maximum absolute atomic E-state index is 12.2. The van der Waals surface area contributed by atoms with Gasteiger partial charge in [0.15, 0.2) is 0 Å². The lowest BCUT2D eigenvalue weighted by Crippen LogP contribution is -2.56. The van der Waals surface area contributed by atoms with Crippen LogP contribution < -0.4 is 15.4 Å². The van der Waals surface area contributed by atoms with Crippen molar-refractivity contribution in [3.8, 4) is 0 Å². The van der Waals surface area contributed by atoms with Crippen LogP contribution in [0.4, 0.5) is 0 Å². The average Bonchev–Trinajstić information content (AvgIpc) is 2.59. The molecule has 1 fully saturated rings. The highest BCUT2D eigenvalue weighted by molar-refractivity contribution is 7.89. The Morgan fingerprint density at radius 2 is 2.04 bits per heavy atom. The van der Waals surface area contributed by atoms with Gasteiger partial charge in [-0.3, -0.25) is 14.5 Å². The number of carbonyl (C=O) groups is 2. The first-order valence-corrected chi connectivity index (χ1v) is 9.80. The molecule has 1 unspecified atom stereocenters. The molecule has 9 heteroatoms. The van der Waals surface area contributed by atoms with Crippen LogP contribution in [0.2, 0.25) is 0 Å². The molecule has 0 radical (unpaired) electrons. The molecule has 8 nitrogen and oxygen atoms in total. The van der Waals surface area contributed by atoms with Crippen LogP contribution in [-0.2, 0) is 26.2 Å². The zero-order valence-electron chi connectivity index (χ0n) is 14.2. The summed E-state index contributed by atoms with van der Waals surface area (Å²) in [7, 11) is -2.04. The van der Waals surface area contributed by atoms with Crippen LogP contribution >= 0.6 is 0 Å². The Kier molecular flexibility index (Phi) is 6.91. The topological polar surface area (TPSA) is 108 Å². The normalized spacial score (nSPS) is 18.6. The summed E-state index contributed by atoms with van der Waals surface area (Å²) < 4.78 is 24.9. The predicted molar refractivity (Wildman–Crippen MR) is 94.1 cm³/mol. The number of benzene rings is 1. The molecule has 1 saturated heterocycles. The van der Waals surface area contributed by atoms with Crippen molar-refractivity contribution >= 4 is 21.8 Å². The molecule has 0 spiro atoms. The van der Waals surface area contributed by atoms with Crippen molar-refractivity contribution in [1.29, 1.82) is 0 Å². The molecule has 1 aromatic carbocycles. The van der Waals surface area contributed by atoms with Crippen LogP contribution in [0.5, 0.6) is 0 Å². The summed E-state index contributed by atoms with van der Waals surface area (Å²) in [4.78, 5) is 26.2. The number of hydrogen-bond donors (Lipinski definition) is 3. The van der Waals surface area contributed by atoms with Crippen LogP contribution in [0.25, 0.3) is 0 Å². The molecule has 0 aromatic heterocycles. The number of nitrogens with zero attached hydrogens (tertiary/aromatic N) is 1. The third kappa shape index (κ3) is 6.11. The Labute approximate surface area is 148 Å². The van der Waals surface area contributed by atoms with Gasteiger partial charge in [-0.15, -0.1) is 0 Å². The van der Waals surface area contributed by atoms with Crippen molar-refractivity contribution in [2.24, 2.45) is 0 Å². The summed E-state index contributed by atoms with van der Waals surface area (Å²) in [6, 6.07) is 9.19. The molecule has 0 saturated carbocycles. The van der Waals surface area contributed by atoms with E-state index < -0.39 is 16.1 Å². The number of nitrogens with one attached hydrogen (secondary N) is 3. The lowest BCUT2D eigenvalue weighted by Gasteiger charge is -2.34. The fourth-order valence-corrected chi connectivity index (χ4v) is 3.24. The quantitative estimate of drug-likeness (QED) is 0.548. The highest BCUT2D eigenvalue weighted by Crippen LogP contribution is 2.13. The molecule has 25 heavy (non-hydrogen) atoms. The van der Waals surface area contributed by atoms with Gasteiger partial charge in [0.05, 0.1) is 18.2 Å². The zero-order valence-corrected chi connectivity index (χ0v) is 15.0. The van der Waals surface area contributed by atoms with Gasteiger partial charge in [-0.1, -0.05) is 30.3 Å². The van der Waals surface area contributed by atoms with Gasteiger partial charge in [0.2, 0.25) is 21.8 Å². The Balaban J connectivity index is 1.91. The van der Waals surface area contributed by atoms with Crippen molar-refractivity contribution < 1.29 is 18.0 Å². The molecular formula is C16H24N4O4S. The third-order valence-corrected chi connectivity index (χ3v) is 5.42. The zero-order chi connectivity index (χ0) is 18.3. The minimum atomic E-state index is -3.36. The van der Waals surface area contributed by atoms with Crippen molar-refractivity contribution in [3.63, 3.8) is 0 Å². The molecule has 1 aromatic rings. The summed E-state index contributed by atoms with van der Waals surface area (Å²) >= 11 is 0. The van der Waals surface area contributed by atoms with E-state index in [1.807, 2.05) is 35.2 Å². The number of carbonyl (C=O) groups excluding carboxylic acids is 2. The molecule has 138 valence electrons. The van der Waals surface area contributed by atoms with Gasteiger partial charge in [-0.05, 0) is 12.6 Å². The van der Waals surface area contributed by atoms with Crippen molar-refractivity contribution in [3.05, 3.63) is 35.9 Å². The Hall–Kier alpha value is -1.97. The van der Waals surface area contributed by atoms with E-state index in [1.165, 1.54) is 7.05 Å². The van der Waals surface area contributed by atoms with E-state index >= 15 is 0 Å². The minimum absolute atomic E-state index is 0.00172. The number of rotatable bonds is 8. The summed E-state index contributed by atoms with van der Waals surface area (Å²) in [5.41, 5.74) is 1.07. The lowest BCUT2D eigenvalue weighted by molar-refractivity contribution is -0.134. The number of amides is 2. The SMILES string of the molecule is CNS(=O)(=O)CCNC(=O)CC1C(=O)NCCN1Cc1ccccc1. The van der Waals surface area contributed by atoms with Crippen molar-refractivity contribution in [2.75, 3.05) is 32.4 Å². The van der Waals surface area contributed by atoms with Gasteiger partial charge in [0.1, 0.15) is 0 Å². The van der Waals surface area contributed by atoms with Crippen LogP contribution in [0.15, 0.2) is 30.3 Å². The Bertz CT molecular complexity index is 693. The number of sulfonamides is 1.